The van der Waals surface area contributed by atoms with Crippen LogP contribution in [0.2, 0.25) is 0 Å². The average Bonchev–Trinajstić information content (AvgIpc) is 2.62. The first kappa shape index (κ1) is 18.9. The number of rotatable bonds is 8. The molecule has 1 amide bonds. The first-order valence-electron chi connectivity index (χ1n) is 8.36. The summed E-state index contributed by atoms with van der Waals surface area (Å²) >= 11 is 0. The van der Waals surface area contributed by atoms with Crippen LogP contribution in [-0.2, 0) is 11.3 Å². The quantitative estimate of drug-likeness (QED) is 0.728. The Balaban J connectivity index is 2.09. The second-order valence-corrected chi connectivity index (χ2v) is 5.83. The van der Waals surface area contributed by atoms with Crippen LogP contribution in [0.15, 0.2) is 42.5 Å². The summed E-state index contributed by atoms with van der Waals surface area (Å²) < 4.78 is 23.9. The van der Waals surface area contributed by atoms with Gasteiger partial charge in [0.25, 0.3) is 5.91 Å². The number of halogens is 1. The molecule has 0 bridgehead atoms. The highest BCUT2D eigenvalue weighted by molar-refractivity contribution is 5.94. The molecule has 1 atom stereocenters. The molecule has 0 saturated heterocycles. The fourth-order valence-corrected chi connectivity index (χ4v) is 2.47. The molecule has 2 aromatic carbocycles. The maximum atomic E-state index is 13.0. The normalized spacial score (nSPS) is 11.8. The Bertz CT molecular complexity index is 701. The Kier molecular flexibility index (Phi) is 6.95. The number of ether oxygens (including phenoxy) is 2. The van der Waals surface area contributed by atoms with E-state index in [4.69, 9.17) is 9.47 Å². The summed E-state index contributed by atoms with van der Waals surface area (Å²) in [6, 6.07) is 11.1. The van der Waals surface area contributed by atoms with Crippen LogP contribution in [0, 0.1) is 5.82 Å². The third kappa shape index (κ3) is 5.29. The van der Waals surface area contributed by atoms with Crippen LogP contribution in [0.3, 0.4) is 0 Å². The molecule has 0 aliphatic heterocycles. The number of carbonyl (C=O) groups excluding carboxylic acids is 1. The van der Waals surface area contributed by atoms with E-state index in [-0.39, 0.29) is 17.8 Å². The van der Waals surface area contributed by atoms with E-state index < -0.39 is 0 Å². The molecular weight excluding hydrogens is 321 g/mol. The van der Waals surface area contributed by atoms with Crippen LogP contribution in [0.25, 0.3) is 0 Å². The molecule has 0 unspecified atom stereocenters. The van der Waals surface area contributed by atoms with Crippen molar-refractivity contribution in [3.05, 3.63) is 65.0 Å². The molecule has 0 heterocycles. The van der Waals surface area contributed by atoms with Crippen molar-refractivity contribution in [3.8, 4) is 5.75 Å². The number of carbonyl (C=O) groups is 1. The zero-order valence-corrected chi connectivity index (χ0v) is 14.8. The predicted molar refractivity (Wildman–Crippen MR) is 95.2 cm³/mol. The Morgan fingerprint density at radius 1 is 1.20 bits per heavy atom. The van der Waals surface area contributed by atoms with Crippen molar-refractivity contribution in [2.45, 2.75) is 32.9 Å². The van der Waals surface area contributed by atoms with Crippen molar-refractivity contribution in [2.75, 3.05) is 13.7 Å². The van der Waals surface area contributed by atoms with Gasteiger partial charge < -0.3 is 14.8 Å². The van der Waals surface area contributed by atoms with Gasteiger partial charge in [-0.1, -0.05) is 19.1 Å². The van der Waals surface area contributed by atoms with Gasteiger partial charge in [0, 0.05) is 17.7 Å². The van der Waals surface area contributed by atoms with Gasteiger partial charge in [-0.25, -0.2) is 4.39 Å². The van der Waals surface area contributed by atoms with Gasteiger partial charge in [0.1, 0.15) is 11.6 Å². The van der Waals surface area contributed by atoms with E-state index in [1.54, 1.807) is 37.4 Å². The molecule has 4 nitrogen and oxygen atoms in total. The van der Waals surface area contributed by atoms with Crippen molar-refractivity contribution < 1.29 is 18.7 Å². The largest absolute Gasteiger partial charge is 0.496 e. The molecule has 0 aromatic heterocycles. The molecule has 25 heavy (non-hydrogen) atoms. The van der Waals surface area contributed by atoms with Gasteiger partial charge in [-0.3, -0.25) is 4.79 Å². The molecular formula is C20H24FNO3. The molecule has 0 fully saturated rings. The van der Waals surface area contributed by atoms with Crippen LogP contribution in [-0.4, -0.2) is 19.6 Å². The molecule has 2 rings (SSSR count). The maximum Gasteiger partial charge on any atom is 0.251 e. The topological polar surface area (TPSA) is 47.6 Å². The van der Waals surface area contributed by atoms with Gasteiger partial charge in [0.05, 0.1) is 19.8 Å². The van der Waals surface area contributed by atoms with Crippen LogP contribution in [0.1, 0.15) is 47.8 Å². The minimum atomic E-state index is -0.297. The van der Waals surface area contributed by atoms with Crippen molar-refractivity contribution in [1.82, 2.24) is 5.32 Å². The lowest BCUT2D eigenvalue weighted by molar-refractivity contribution is 0.0939. The Hall–Kier alpha value is -2.40. The maximum absolute atomic E-state index is 13.0. The number of amides is 1. The smallest absolute Gasteiger partial charge is 0.251 e. The Morgan fingerprint density at radius 3 is 2.56 bits per heavy atom. The summed E-state index contributed by atoms with van der Waals surface area (Å²) in [4.78, 5) is 12.5. The monoisotopic (exact) mass is 345 g/mol. The summed E-state index contributed by atoms with van der Waals surface area (Å²) in [7, 11) is 1.59. The summed E-state index contributed by atoms with van der Waals surface area (Å²) in [6.45, 7) is 4.95. The summed E-state index contributed by atoms with van der Waals surface area (Å²) in [6.07, 6.45) is 0.928. The number of hydrogen-bond donors (Lipinski definition) is 1. The fourth-order valence-electron chi connectivity index (χ4n) is 2.47. The first-order chi connectivity index (χ1) is 12.0. The fraction of sp³-hybridized carbons (Fsp3) is 0.350. The number of hydrogen-bond acceptors (Lipinski definition) is 3. The lowest BCUT2D eigenvalue weighted by Crippen LogP contribution is -2.26. The molecule has 0 aliphatic carbocycles. The van der Waals surface area contributed by atoms with E-state index >= 15 is 0 Å². The van der Waals surface area contributed by atoms with E-state index in [9.17, 15) is 9.18 Å². The van der Waals surface area contributed by atoms with Crippen molar-refractivity contribution in [1.29, 1.82) is 0 Å². The van der Waals surface area contributed by atoms with Gasteiger partial charge in [-0.05, 0) is 49.2 Å². The number of methoxy groups -OCH3 is 1. The van der Waals surface area contributed by atoms with Gasteiger partial charge >= 0.3 is 0 Å². The van der Waals surface area contributed by atoms with Gasteiger partial charge in [0.2, 0.25) is 0 Å². The SMILES string of the molecule is CCCOCc1cc(C(=O)N[C@H](C)c2ccc(F)cc2)ccc1OC. The first-order valence-corrected chi connectivity index (χ1v) is 8.36. The van der Waals surface area contributed by atoms with Crippen molar-refractivity contribution in [2.24, 2.45) is 0 Å². The van der Waals surface area contributed by atoms with E-state index in [0.717, 1.165) is 17.5 Å². The van der Waals surface area contributed by atoms with E-state index in [1.165, 1.54) is 12.1 Å². The minimum absolute atomic E-state index is 0.198. The standard InChI is InChI=1S/C20H24FNO3/c1-4-11-25-13-17-12-16(7-10-19(17)24-3)20(23)22-14(2)15-5-8-18(21)9-6-15/h5-10,12,14H,4,11,13H2,1-3H3,(H,22,23)/t14-/m1/s1. The van der Waals surface area contributed by atoms with Crippen LogP contribution < -0.4 is 10.1 Å². The highest BCUT2D eigenvalue weighted by atomic mass is 19.1. The van der Waals surface area contributed by atoms with Crippen LogP contribution in [0.5, 0.6) is 5.75 Å². The molecule has 0 spiro atoms. The third-order valence-electron chi connectivity index (χ3n) is 3.87. The van der Waals surface area contributed by atoms with E-state index in [1.807, 2.05) is 13.8 Å². The highest BCUT2D eigenvalue weighted by Gasteiger charge is 2.14. The Morgan fingerprint density at radius 2 is 1.92 bits per heavy atom. The summed E-state index contributed by atoms with van der Waals surface area (Å²) in [5.41, 5.74) is 2.21. The Labute approximate surface area is 148 Å². The van der Waals surface area contributed by atoms with Crippen LogP contribution in [0.4, 0.5) is 4.39 Å². The zero-order chi connectivity index (χ0) is 18.2. The molecule has 5 heteroatoms. The molecule has 0 saturated carbocycles. The van der Waals surface area contributed by atoms with Crippen molar-refractivity contribution >= 4 is 5.91 Å². The molecule has 1 N–H and O–H groups in total. The number of benzene rings is 2. The third-order valence-corrected chi connectivity index (χ3v) is 3.87. The van der Waals surface area contributed by atoms with E-state index in [0.29, 0.717) is 24.5 Å². The summed E-state index contributed by atoms with van der Waals surface area (Å²) in [5.74, 6) is 0.199. The molecule has 134 valence electrons. The van der Waals surface area contributed by atoms with Gasteiger partial charge in [-0.2, -0.15) is 0 Å². The average molecular weight is 345 g/mol. The molecule has 0 radical (unpaired) electrons. The lowest BCUT2D eigenvalue weighted by atomic mass is 10.1. The van der Waals surface area contributed by atoms with E-state index in [2.05, 4.69) is 5.32 Å². The van der Waals surface area contributed by atoms with Crippen molar-refractivity contribution in [3.63, 3.8) is 0 Å². The predicted octanol–water partition coefficient (Wildman–Crippen LogP) is 4.25. The minimum Gasteiger partial charge on any atom is -0.496 e. The second-order valence-electron chi connectivity index (χ2n) is 5.83. The number of nitrogens with one attached hydrogen (secondary N) is 1. The molecule has 2 aromatic rings. The van der Waals surface area contributed by atoms with Gasteiger partial charge in [-0.15, -0.1) is 0 Å². The summed E-state index contributed by atoms with van der Waals surface area (Å²) in [5, 5.41) is 2.92. The van der Waals surface area contributed by atoms with Crippen LogP contribution >= 0.6 is 0 Å². The lowest BCUT2D eigenvalue weighted by Gasteiger charge is -2.16. The highest BCUT2D eigenvalue weighted by Crippen LogP contribution is 2.22. The van der Waals surface area contributed by atoms with Gasteiger partial charge in [0.15, 0.2) is 0 Å². The molecule has 0 aliphatic rings. The zero-order valence-electron chi connectivity index (χ0n) is 14.8. The second kappa shape index (κ2) is 9.18.